The van der Waals surface area contributed by atoms with Crippen LogP contribution in [0.5, 0.6) is 0 Å². The summed E-state index contributed by atoms with van der Waals surface area (Å²) in [6, 6.07) is 20.5. The van der Waals surface area contributed by atoms with Crippen molar-refractivity contribution >= 4 is 57.5 Å². The molecule has 21 heavy (non-hydrogen) atoms. The molecule has 0 fully saturated rings. The number of hydrogen-bond donors (Lipinski definition) is 0. The molecule has 0 aliphatic carbocycles. The van der Waals surface area contributed by atoms with Crippen molar-refractivity contribution in [2.75, 3.05) is 6.61 Å². The van der Waals surface area contributed by atoms with Gasteiger partial charge in [0.2, 0.25) is 0 Å². The van der Waals surface area contributed by atoms with E-state index in [0.717, 1.165) is 6.42 Å². The zero-order valence-corrected chi connectivity index (χ0v) is 17.0. The van der Waals surface area contributed by atoms with Gasteiger partial charge in [0.15, 0.2) is 0 Å². The maximum atomic E-state index is 7.17. The van der Waals surface area contributed by atoms with Gasteiger partial charge in [0.1, 0.15) is 0 Å². The molecule has 2 aromatic rings. The third-order valence-corrected chi connectivity index (χ3v) is 22.9. The summed E-state index contributed by atoms with van der Waals surface area (Å²) in [6.07, 6.45) is 0.947. The number of rotatable bonds is 5. The first-order valence-corrected chi connectivity index (χ1v) is 18.0. The first-order chi connectivity index (χ1) is 10.2. The molecular formula is C16H17ClOS2Sn. The van der Waals surface area contributed by atoms with Crippen LogP contribution >= 0.6 is 30.1 Å². The second kappa shape index (κ2) is 8.41. The molecule has 5 heteroatoms. The van der Waals surface area contributed by atoms with E-state index < -0.39 is 15.9 Å². The minimum absolute atomic E-state index is 0.565. The van der Waals surface area contributed by atoms with E-state index in [1.807, 2.05) is 36.4 Å². The van der Waals surface area contributed by atoms with Crippen molar-refractivity contribution in [1.29, 1.82) is 0 Å². The maximum absolute atomic E-state index is 7.17. The Morgan fingerprint density at radius 2 is 1.52 bits per heavy atom. The number of benzene rings is 2. The van der Waals surface area contributed by atoms with Gasteiger partial charge < -0.3 is 0 Å². The van der Waals surface area contributed by atoms with Crippen LogP contribution in [0.3, 0.4) is 0 Å². The summed E-state index contributed by atoms with van der Waals surface area (Å²) in [7, 11) is 8.75. The molecule has 0 saturated carbocycles. The molecule has 0 aromatic heterocycles. The van der Waals surface area contributed by atoms with E-state index in [9.17, 15) is 0 Å². The van der Waals surface area contributed by atoms with Gasteiger partial charge in [0.25, 0.3) is 0 Å². The van der Waals surface area contributed by atoms with E-state index in [4.69, 9.17) is 25.9 Å². The molecule has 0 amide bonds. The summed E-state index contributed by atoms with van der Waals surface area (Å²) in [6.45, 7) is 2.72. The summed E-state index contributed by atoms with van der Waals surface area (Å²) >= 11 is 2.00. The quantitative estimate of drug-likeness (QED) is 0.512. The molecule has 0 aliphatic rings. The Bertz CT molecular complexity index is 538. The first kappa shape index (κ1) is 17.1. The van der Waals surface area contributed by atoms with Gasteiger partial charge in [-0.15, -0.1) is 0 Å². The molecule has 0 N–H and O–H groups in total. The number of halogens is 1. The van der Waals surface area contributed by atoms with E-state index in [2.05, 4.69) is 31.2 Å². The molecule has 0 unspecified atom stereocenters. The minimum atomic E-state index is -3.37. The van der Waals surface area contributed by atoms with Crippen molar-refractivity contribution in [3.8, 4) is 0 Å². The fourth-order valence-corrected chi connectivity index (χ4v) is 20.0. The van der Waals surface area contributed by atoms with E-state index >= 15 is 0 Å². The fraction of sp³-hybridized carbons (Fsp3) is 0.188. The van der Waals surface area contributed by atoms with E-state index in [1.54, 1.807) is 8.95 Å². The Labute approximate surface area is 142 Å². The molecule has 0 radical (unpaired) electrons. The third kappa shape index (κ3) is 4.62. The standard InChI is InChI=1S/2C6H5.C4H8OS2.ClH.Sn/c2*1-2-4-6-5-3-1;1-2-3-5-4(6)7;;/h2*1-5H;2-3H2,1H3,(H,6,7);1H;/q;;;;+2/p-2. The molecule has 1 nitrogen and oxygen atoms in total. The van der Waals surface area contributed by atoms with Gasteiger partial charge in [0, 0.05) is 0 Å². The van der Waals surface area contributed by atoms with Crippen LogP contribution < -0.4 is 7.16 Å². The first-order valence-electron chi connectivity index (χ1n) is 6.82. The van der Waals surface area contributed by atoms with Crippen molar-refractivity contribution in [3.05, 3.63) is 60.7 Å². The van der Waals surface area contributed by atoms with Gasteiger partial charge in [-0.1, -0.05) is 0 Å². The molecular weight excluding hydrogens is 426 g/mol. The van der Waals surface area contributed by atoms with E-state index in [0.29, 0.717) is 11.0 Å². The topological polar surface area (TPSA) is 9.23 Å². The Hall–Kier alpha value is -0.231. The molecule has 0 bridgehead atoms. The Morgan fingerprint density at radius 1 is 1.05 bits per heavy atom. The molecule has 0 saturated heterocycles. The molecule has 0 heterocycles. The summed E-state index contributed by atoms with van der Waals surface area (Å²) in [5.41, 5.74) is 0. The van der Waals surface area contributed by atoms with Crippen LogP contribution in [0.2, 0.25) is 0 Å². The van der Waals surface area contributed by atoms with E-state index in [-0.39, 0.29) is 0 Å². The second-order valence-electron chi connectivity index (χ2n) is 4.53. The molecule has 2 rings (SSSR count). The molecule has 110 valence electrons. The zero-order chi connectivity index (χ0) is 15.1. The average Bonchev–Trinajstić information content (AvgIpc) is 2.54. The molecule has 2 aromatic carbocycles. The van der Waals surface area contributed by atoms with Gasteiger partial charge in [-0.25, -0.2) is 0 Å². The summed E-state index contributed by atoms with van der Waals surface area (Å²) in [4.78, 5) is 0. The van der Waals surface area contributed by atoms with Crippen molar-refractivity contribution in [2.24, 2.45) is 0 Å². The summed E-state index contributed by atoms with van der Waals surface area (Å²) in [5, 5.41) is 0. The van der Waals surface area contributed by atoms with Crippen LogP contribution in [0.15, 0.2) is 60.7 Å². The summed E-state index contributed by atoms with van der Waals surface area (Å²) < 4.78 is 8.56. The number of thiocarbonyl (C=S) groups is 1. The van der Waals surface area contributed by atoms with E-state index in [1.165, 1.54) is 7.16 Å². The fourth-order valence-electron chi connectivity index (χ4n) is 1.92. The van der Waals surface area contributed by atoms with Crippen LogP contribution in [0.4, 0.5) is 0 Å². The van der Waals surface area contributed by atoms with Crippen molar-refractivity contribution in [3.63, 3.8) is 0 Å². The van der Waals surface area contributed by atoms with Crippen molar-refractivity contribution in [1.82, 2.24) is 0 Å². The van der Waals surface area contributed by atoms with Gasteiger partial charge in [-0.2, -0.15) is 0 Å². The SMILES string of the molecule is CCCOC(=S)[S][Sn]([Cl])([c]1ccccc1)[c]1ccccc1. The third-order valence-electron chi connectivity index (χ3n) is 2.94. The van der Waals surface area contributed by atoms with Crippen molar-refractivity contribution in [2.45, 2.75) is 13.3 Å². The summed E-state index contributed by atoms with van der Waals surface area (Å²) in [5.74, 6) is 0. The zero-order valence-electron chi connectivity index (χ0n) is 11.8. The predicted octanol–water partition coefficient (Wildman–Crippen LogP) is 3.93. The van der Waals surface area contributed by atoms with Gasteiger partial charge >= 0.3 is 143 Å². The van der Waals surface area contributed by atoms with Crippen molar-refractivity contribution < 1.29 is 4.74 Å². The molecule has 0 spiro atoms. The average molecular weight is 444 g/mol. The Morgan fingerprint density at radius 3 is 1.95 bits per heavy atom. The normalized spacial score (nSPS) is 11.1. The van der Waals surface area contributed by atoms with Gasteiger partial charge in [-0.3, -0.25) is 0 Å². The molecule has 0 atom stereocenters. The number of ether oxygens (including phenoxy) is 1. The van der Waals surface area contributed by atoms with Crippen LogP contribution in [0.25, 0.3) is 0 Å². The van der Waals surface area contributed by atoms with Gasteiger partial charge in [0.05, 0.1) is 0 Å². The van der Waals surface area contributed by atoms with Crippen LogP contribution in [-0.4, -0.2) is 26.9 Å². The van der Waals surface area contributed by atoms with Crippen LogP contribution in [0.1, 0.15) is 13.3 Å². The van der Waals surface area contributed by atoms with Crippen LogP contribution in [-0.2, 0) is 4.74 Å². The van der Waals surface area contributed by atoms with Gasteiger partial charge in [-0.05, 0) is 0 Å². The predicted molar refractivity (Wildman–Crippen MR) is 100 cm³/mol. The monoisotopic (exact) mass is 444 g/mol. The molecule has 0 aliphatic heterocycles. The number of hydrogen-bond acceptors (Lipinski definition) is 3. The van der Waals surface area contributed by atoms with Crippen LogP contribution in [0, 0.1) is 0 Å². The second-order valence-corrected chi connectivity index (χ2v) is 23.6. The Balaban J connectivity index is 2.33. The Kier molecular flexibility index (Phi) is 6.86.